The number of alkyl halides is 1. The van der Waals surface area contributed by atoms with Crippen molar-refractivity contribution in [1.82, 2.24) is 0 Å². The van der Waals surface area contributed by atoms with Crippen molar-refractivity contribution in [2.75, 3.05) is 13.2 Å². The van der Waals surface area contributed by atoms with Gasteiger partial charge in [-0.1, -0.05) is 24.3 Å². The number of aryl methyl sites for hydroxylation is 1. The van der Waals surface area contributed by atoms with Gasteiger partial charge in [-0.05, 0) is 36.8 Å². The molecule has 0 N–H and O–H groups in total. The summed E-state index contributed by atoms with van der Waals surface area (Å²) in [5, 5.41) is 0.482. The van der Waals surface area contributed by atoms with Crippen LogP contribution >= 0.6 is 0 Å². The molecule has 0 aliphatic heterocycles. The van der Waals surface area contributed by atoms with E-state index in [1.54, 1.807) is 43.3 Å². The summed E-state index contributed by atoms with van der Waals surface area (Å²) in [6.07, 6.45) is 1.14. The largest absolute Gasteiger partial charge is 1.00 e. The van der Waals surface area contributed by atoms with E-state index in [9.17, 15) is 14.0 Å². The zero-order valence-electron chi connectivity index (χ0n) is 17.8. The first-order chi connectivity index (χ1) is 15.4. The van der Waals surface area contributed by atoms with Crippen LogP contribution in [0.1, 0.15) is 5.76 Å². The molecular formula is C23H16FNaO8. The Morgan fingerprint density at radius 1 is 0.970 bits per heavy atom. The molecule has 0 bridgehead atoms. The maximum absolute atomic E-state index is 14.4. The Balaban J connectivity index is 0.000000914. The van der Waals surface area contributed by atoms with E-state index < -0.39 is 6.17 Å². The molecule has 0 aliphatic rings. The summed E-state index contributed by atoms with van der Waals surface area (Å²) in [6, 6.07) is 12.2. The first-order valence-corrected chi connectivity index (χ1v) is 9.30. The van der Waals surface area contributed by atoms with Gasteiger partial charge >= 0.3 is 35.7 Å². The van der Waals surface area contributed by atoms with E-state index in [1.807, 2.05) is 0 Å². The monoisotopic (exact) mass is 462 g/mol. The second kappa shape index (κ2) is 12.1. The number of hydrogen-bond donors (Lipinski definition) is 0. The van der Waals surface area contributed by atoms with Crippen LogP contribution in [0, 0.1) is 13.2 Å². The summed E-state index contributed by atoms with van der Waals surface area (Å²) in [5.41, 5.74) is 0.0921. The zero-order chi connectivity index (χ0) is 23.1. The molecule has 0 fully saturated rings. The predicted molar refractivity (Wildman–Crippen MR) is 109 cm³/mol. The average molecular weight is 462 g/mol. The maximum atomic E-state index is 14.4. The van der Waals surface area contributed by atoms with Gasteiger partial charge in [0.2, 0.25) is 0 Å². The van der Waals surface area contributed by atoms with Gasteiger partial charge in [0.1, 0.15) is 41.4 Å². The molecule has 2 aromatic carbocycles. The van der Waals surface area contributed by atoms with E-state index >= 15 is 0 Å². The Kier molecular flexibility index (Phi) is 9.57. The number of rotatable bonds is 6. The van der Waals surface area contributed by atoms with Crippen LogP contribution < -0.4 is 49.9 Å². The third-order valence-corrected chi connectivity index (χ3v) is 4.27. The van der Waals surface area contributed by atoms with Crippen molar-refractivity contribution in [3.05, 3.63) is 81.0 Å². The van der Waals surface area contributed by atoms with Gasteiger partial charge in [0.25, 0.3) is 0 Å². The van der Waals surface area contributed by atoms with Crippen LogP contribution in [0.4, 0.5) is 4.39 Å². The molecular weight excluding hydrogens is 446 g/mol. The SMILES string of the molecule is Cc1cc(=O)c2c(OCC(F)COc3cccc4o[c-]cc(=O)c34)cccc2o1.O=C=O.[Na+]. The molecule has 0 aliphatic carbocycles. The van der Waals surface area contributed by atoms with Crippen LogP contribution in [0.25, 0.3) is 21.9 Å². The van der Waals surface area contributed by atoms with Crippen molar-refractivity contribution in [1.29, 1.82) is 0 Å². The van der Waals surface area contributed by atoms with Crippen LogP contribution in [0.15, 0.2) is 67.0 Å². The second-order valence-corrected chi connectivity index (χ2v) is 6.51. The number of carbonyl (C=O) groups excluding carboxylic acids is 2. The molecule has 1 unspecified atom stereocenters. The topological polar surface area (TPSA) is 113 Å². The van der Waals surface area contributed by atoms with Gasteiger partial charge in [-0.25, -0.2) is 4.39 Å². The van der Waals surface area contributed by atoms with Crippen molar-refractivity contribution in [2.45, 2.75) is 13.1 Å². The van der Waals surface area contributed by atoms with Crippen LogP contribution in [-0.4, -0.2) is 25.5 Å². The van der Waals surface area contributed by atoms with Gasteiger partial charge in [-0.15, -0.1) is 0 Å². The van der Waals surface area contributed by atoms with Crippen molar-refractivity contribution >= 4 is 28.1 Å². The molecule has 164 valence electrons. The molecule has 8 nitrogen and oxygen atoms in total. The summed E-state index contributed by atoms with van der Waals surface area (Å²) in [5.74, 6) is 0.933. The van der Waals surface area contributed by atoms with Crippen LogP contribution in [-0.2, 0) is 9.59 Å². The van der Waals surface area contributed by atoms with Crippen molar-refractivity contribution in [3.63, 3.8) is 0 Å². The van der Waals surface area contributed by atoms with Gasteiger partial charge in [0.15, 0.2) is 11.6 Å². The minimum absolute atomic E-state index is 0. The standard InChI is InChI=1S/C22H16FO6.CO2.Na/c1-13-10-16(25)22-19(6-3-7-20(22)29-13)28-12-14(23)11-27-18-5-2-4-17-21(18)15(24)8-9-26-17;2-1-3;/h2-8,10,14H,11-12H2,1H3;;/q-1;;+1. The summed E-state index contributed by atoms with van der Waals surface area (Å²) >= 11 is 0. The fraction of sp³-hybridized carbons (Fsp3) is 0.174. The minimum atomic E-state index is -1.50. The van der Waals surface area contributed by atoms with E-state index in [4.69, 9.17) is 27.9 Å². The molecule has 33 heavy (non-hydrogen) atoms. The van der Waals surface area contributed by atoms with Gasteiger partial charge in [-0.2, -0.15) is 9.59 Å². The van der Waals surface area contributed by atoms with Crippen molar-refractivity contribution in [2.24, 2.45) is 0 Å². The minimum Gasteiger partial charge on any atom is -0.580 e. The molecule has 4 aromatic rings. The Bertz CT molecular complexity index is 1380. The first kappa shape index (κ1) is 26.0. The molecule has 1 atom stereocenters. The number of benzene rings is 2. The molecule has 0 saturated heterocycles. The second-order valence-electron chi connectivity index (χ2n) is 6.51. The molecule has 2 heterocycles. The third kappa shape index (κ3) is 6.40. The zero-order valence-corrected chi connectivity index (χ0v) is 19.8. The summed E-state index contributed by atoms with van der Waals surface area (Å²) in [7, 11) is 0. The smallest absolute Gasteiger partial charge is 0.580 e. The number of ether oxygens (including phenoxy) is 2. The number of fused-ring (bicyclic) bond motifs is 2. The van der Waals surface area contributed by atoms with E-state index in [0.717, 1.165) is 6.07 Å². The molecule has 0 radical (unpaired) electrons. The Morgan fingerprint density at radius 2 is 1.52 bits per heavy atom. The van der Waals surface area contributed by atoms with Crippen LogP contribution in [0.5, 0.6) is 11.5 Å². The molecule has 2 aromatic heterocycles. The van der Waals surface area contributed by atoms with Gasteiger partial charge < -0.3 is 23.1 Å². The summed E-state index contributed by atoms with van der Waals surface area (Å²) in [4.78, 5) is 40.5. The molecule has 0 amide bonds. The number of hydrogen-bond acceptors (Lipinski definition) is 8. The van der Waals surface area contributed by atoms with Gasteiger partial charge in [-0.3, -0.25) is 4.79 Å². The van der Waals surface area contributed by atoms with Gasteiger partial charge in [0, 0.05) is 11.6 Å². The third-order valence-electron chi connectivity index (χ3n) is 4.27. The molecule has 4 rings (SSSR count). The normalized spacial score (nSPS) is 11.0. The first-order valence-electron chi connectivity index (χ1n) is 9.30. The van der Waals surface area contributed by atoms with Crippen LogP contribution in [0.2, 0.25) is 0 Å². The summed E-state index contributed by atoms with van der Waals surface area (Å²) < 4.78 is 36.0. The van der Waals surface area contributed by atoms with Crippen molar-refractivity contribution < 1.29 is 61.8 Å². The quantitative estimate of drug-likeness (QED) is 0.296. The molecule has 0 spiro atoms. The van der Waals surface area contributed by atoms with Gasteiger partial charge in [0.05, 0.1) is 5.43 Å². The fourth-order valence-corrected chi connectivity index (χ4v) is 3.01. The van der Waals surface area contributed by atoms with Crippen LogP contribution in [0.3, 0.4) is 0 Å². The Hall–Kier alpha value is -3.23. The molecule has 10 heteroatoms. The van der Waals surface area contributed by atoms with E-state index in [0.29, 0.717) is 16.9 Å². The fourth-order valence-electron chi connectivity index (χ4n) is 3.01. The molecule has 0 saturated carbocycles. The van der Waals surface area contributed by atoms with E-state index in [1.165, 1.54) is 6.07 Å². The summed E-state index contributed by atoms with van der Waals surface area (Å²) in [6.45, 7) is 1.00. The Morgan fingerprint density at radius 3 is 2.12 bits per heavy atom. The predicted octanol–water partition coefficient (Wildman–Crippen LogP) is 0.224. The maximum Gasteiger partial charge on any atom is 1.00 e. The number of halogens is 1. The Labute approximate surface area is 208 Å². The average Bonchev–Trinajstić information content (AvgIpc) is 2.76. The van der Waals surface area contributed by atoms with E-state index in [2.05, 4.69) is 6.26 Å². The van der Waals surface area contributed by atoms with E-state index in [-0.39, 0.29) is 82.1 Å². The van der Waals surface area contributed by atoms with Crippen molar-refractivity contribution in [3.8, 4) is 11.5 Å².